The van der Waals surface area contributed by atoms with Gasteiger partial charge in [-0.3, -0.25) is 9.69 Å². The number of carbonyl (C=O) groups excluding carboxylic acids is 2. The van der Waals surface area contributed by atoms with Gasteiger partial charge in [0.2, 0.25) is 0 Å². The summed E-state index contributed by atoms with van der Waals surface area (Å²) in [5.74, 6) is 0.186. The maximum Gasteiger partial charge on any atom is 0.410 e. The number of hydrogen-bond donors (Lipinski definition) is 0. The highest BCUT2D eigenvalue weighted by molar-refractivity contribution is 5.94. The van der Waals surface area contributed by atoms with Crippen LogP contribution in [0.3, 0.4) is 0 Å². The predicted molar refractivity (Wildman–Crippen MR) is 76.2 cm³/mol. The van der Waals surface area contributed by atoms with Crippen molar-refractivity contribution in [2.75, 3.05) is 6.54 Å². The highest BCUT2D eigenvalue weighted by Crippen LogP contribution is 2.33. The number of ether oxygens (including phenoxy) is 1. The maximum absolute atomic E-state index is 12.2. The normalized spacial score (nSPS) is 22.4. The molecule has 0 radical (unpaired) electrons. The molecule has 2 rings (SSSR count). The van der Waals surface area contributed by atoms with E-state index < -0.39 is 11.6 Å². The Kier molecular flexibility index (Phi) is 4.12. The molecule has 0 bridgehead atoms. The number of rotatable bonds is 3. The van der Waals surface area contributed by atoms with Crippen molar-refractivity contribution in [3.05, 3.63) is 35.9 Å². The van der Waals surface area contributed by atoms with Gasteiger partial charge in [0.05, 0.1) is 0 Å². The minimum absolute atomic E-state index is 0.0711. The van der Waals surface area contributed by atoms with E-state index in [1.165, 1.54) is 0 Å². The summed E-state index contributed by atoms with van der Waals surface area (Å²) in [4.78, 5) is 25.9. The van der Waals surface area contributed by atoms with Crippen LogP contribution in [0.5, 0.6) is 0 Å². The second kappa shape index (κ2) is 5.65. The summed E-state index contributed by atoms with van der Waals surface area (Å²) in [5, 5.41) is 0. The van der Waals surface area contributed by atoms with Crippen LogP contribution in [0.15, 0.2) is 30.3 Å². The highest BCUT2D eigenvalue weighted by atomic mass is 16.6. The molecule has 4 nitrogen and oxygen atoms in total. The van der Waals surface area contributed by atoms with E-state index in [0.29, 0.717) is 13.0 Å². The molecule has 1 aromatic carbocycles. The lowest BCUT2D eigenvalue weighted by Gasteiger charge is -2.36. The molecule has 0 aromatic heterocycles. The average Bonchev–Trinajstić information content (AvgIpc) is 2.75. The standard InChI is InChI=1S/C16H21NO3/c1-12(2)16(3)14(18)9-10-17(16)15(19)20-11-13-7-5-4-6-8-13/h4-8,12H,9-11H2,1-3H3/t16-/m0/s1. The quantitative estimate of drug-likeness (QED) is 0.852. The molecule has 0 aliphatic carbocycles. The van der Waals surface area contributed by atoms with Crippen molar-refractivity contribution in [3.8, 4) is 0 Å². The number of Topliss-reactive ketones (excluding diaryl/α,β-unsaturated/α-hetero) is 1. The van der Waals surface area contributed by atoms with Crippen molar-refractivity contribution in [2.45, 2.75) is 39.3 Å². The molecule has 0 unspecified atom stereocenters. The fourth-order valence-electron chi connectivity index (χ4n) is 2.56. The van der Waals surface area contributed by atoms with Gasteiger partial charge in [0.25, 0.3) is 0 Å². The molecular formula is C16H21NO3. The Labute approximate surface area is 119 Å². The molecule has 1 amide bonds. The van der Waals surface area contributed by atoms with Gasteiger partial charge in [-0.25, -0.2) is 4.79 Å². The molecule has 1 saturated heterocycles. The Hall–Kier alpha value is -1.84. The smallest absolute Gasteiger partial charge is 0.410 e. The van der Waals surface area contributed by atoms with E-state index in [1.54, 1.807) is 4.90 Å². The lowest BCUT2D eigenvalue weighted by atomic mass is 9.85. The third-order valence-corrected chi connectivity index (χ3v) is 4.24. The minimum atomic E-state index is -0.742. The summed E-state index contributed by atoms with van der Waals surface area (Å²) in [6.45, 7) is 6.43. The molecule has 0 saturated carbocycles. The van der Waals surface area contributed by atoms with Gasteiger partial charge in [-0.2, -0.15) is 0 Å². The number of carbonyl (C=O) groups is 2. The fraction of sp³-hybridized carbons (Fsp3) is 0.500. The Morgan fingerprint density at radius 3 is 2.60 bits per heavy atom. The lowest BCUT2D eigenvalue weighted by molar-refractivity contribution is -0.126. The molecule has 0 N–H and O–H groups in total. The van der Waals surface area contributed by atoms with E-state index >= 15 is 0 Å². The number of nitrogens with zero attached hydrogens (tertiary/aromatic N) is 1. The minimum Gasteiger partial charge on any atom is -0.445 e. The summed E-state index contributed by atoms with van der Waals surface area (Å²) >= 11 is 0. The summed E-state index contributed by atoms with van der Waals surface area (Å²) in [6, 6.07) is 9.54. The summed E-state index contributed by atoms with van der Waals surface area (Å²) in [6.07, 6.45) is 0.00525. The van der Waals surface area contributed by atoms with Crippen LogP contribution in [0.2, 0.25) is 0 Å². The van der Waals surface area contributed by atoms with Crippen LogP contribution in [0.25, 0.3) is 0 Å². The molecule has 1 aliphatic heterocycles. The molecule has 1 fully saturated rings. The number of amides is 1. The van der Waals surface area contributed by atoms with Crippen molar-refractivity contribution in [1.29, 1.82) is 0 Å². The van der Waals surface area contributed by atoms with Gasteiger partial charge in [-0.1, -0.05) is 44.2 Å². The second-order valence-electron chi connectivity index (χ2n) is 5.67. The van der Waals surface area contributed by atoms with E-state index in [1.807, 2.05) is 51.1 Å². The van der Waals surface area contributed by atoms with Crippen LogP contribution in [0.4, 0.5) is 4.79 Å². The zero-order chi connectivity index (χ0) is 14.8. The zero-order valence-corrected chi connectivity index (χ0v) is 12.3. The predicted octanol–water partition coefficient (Wildman–Crippen LogP) is 3.01. The second-order valence-corrected chi connectivity index (χ2v) is 5.67. The van der Waals surface area contributed by atoms with Gasteiger partial charge in [-0.05, 0) is 18.4 Å². The molecule has 4 heteroatoms. The van der Waals surface area contributed by atoms with Crippen LogP contribution in [0, 0.1) is 5.92 Å². The van der Waals surface area contributed by atoms with Gasteiger partial charge in [0.15, 0.2) is 5.78 Å². The van der Waals surface area contributed by atoms with Gasteiger partial charge < -0.3 is 4.74 Å². The monoisotopic (exact) mass is 275 g/mol. The van der Waals surface area contributed by atoms with Gasteiger partial charge >= 0.3 is 6.09 Å². The molecule has 1 heterocycles. The maximum atomic E-state index is 12.2. The molecule has 1 aromatic rings. The van der Waals surface area contributed by atoms with Crippen molar-refractivity contribution in [2.24, 2.45) is 5.92 Å². The van der Waals surface area contributed by atoms with Crippen LogP contribution in [-0.4, -0.2) is 28.9 Å². The number of benzene rings is 1. The summed E-state index contributed by atoms with van der Waals surface area (Å²) in [7, 11) is 0. The Bertz CT molecular complexity index is 498. The first kappa shape index (κ1) is 14.6. The molecule has 1 atom stereocenters. The molecule has 1 aliphatic rings. The van der Waals surface area contributed by atoms with Crippen molar-refractivity contribution >= 4 is 11.9 Å². The molecule has 20 heavy (non-hydrogen) atoms. The molecule has 0 spiro atoms. The third-order valence-electron chi connectivity index (χ3n) is 4.24. The topological polar surface area (TPSA) is 46.6 Å². The number of ketones is 1. The van der Waals surface area contributed by atoms with Crippen molar-refractivity contribution in [1.82, 2.24) is 4.90 Å². The Morgan fingerprint density at radius 1 is 1.35 bits per heavy atom. The first-order valence-corrected chi connectivity index (χ1v) is 6.98. The Morgan fingerprint density at radius 2 is 2.00 bits per heavy atom. The molecule has 108 valence electrons. The van der Waals surface area contributed by atoms with Crippen LogP contribution in [0.1, 0.15) is 32.8 Å². The van der Waals surface area contributed by atoms with E-state index in [4.69, 9.17) is 4.74 Å². The van der Waals surface area contributed by atoms with Gasteiger partial charge in [0.1, 0.15) is 12.1 Å². The lowest BCUT2D eigenvalue weighted by Crippen LogP contribution is -2.52. The molecular weight excluding hydrogens is 254 g/mol. The van der Waals surface area contributed by atoms with E-state index in [2.05, 4.69) is 0 Å². The van der Waals surface area contributed by atoms with Crippen LogP contribution < -0.4 is 0 Å². The van der Waals surface area contributed by atoms with E-state index in [9.17, 15) is 9.59 Å². The van der Waals surface area contributed by atoms with Crippen molar-refractivity contribution < 1.29 is 14.3 Å². The third kappa shape index (κ3) is 2.55. The summed E-state index contributed by atoms with van der Waals surface area (Å²) < 4.78 is 5.34. The van der Waals surface area contributed by atoms with E-state index in [-0.39, 0.29) is 18.3 Å². The van der Waals surface area contributed by atoms with Crippen LogP contribution in [-0.2, 0) is 16.1 Å². The number of hydrogen-bond acceptors (Lipinski definition) is 3. The summed E-state index contributed by atoms with van der Waals surface area (Å²) in [5.41, 5.74) is 0.200. The number of likely N-dealkylation sites (tertiary alicyclic amines) is 1. The fourth-order valence-corrected chi connectivity index (χ4v) is 2.56. The van der Waals surface area contributed by atoms with Gasteiger partial charge in [0, 0.05) is 13.0 Å². The van der Waals surface area contributed by atoms with Crippen molar-refractivity contribution in [3.63, 3.8) is 0 Å². The first-order valence-electron chi connectivity index (χ1n) is 6.98. The average molecular weight is 275 g/mol. The van der Waals surface area contributed by atoms with Gasteiger partial charge in [-0.15, -0.1) is 0 Å². The zero-order valence-electron chi connectivity index (χ0n) is 12.3. The Balaban J connectivity index is 2.04. The van der Waals surface area contributed by atoms with E-state index in [0.717, 1.165) is 5.56 Å². The first-order chi connectivity index (χ1) is 9.46. The highest BCUT2D eigenvalue weighted by Gasteiger charge is 2.49. The van der Waals surface area contributed by atoms with Crippen LogP contribution >= 0.6 is 0 Å². The largest absolute Gasteiger partial charge is 0.445 e. The SMILES string of the molecule is CC(C)[C@@]1(C)C(=O)CCN1C(=O)OCc1ccccc1.